The zero-order chi connectivity index (χ0) is 20.4. The number of ether oxygens (including phenoxy) is 2. The molecule has 2 heterocycles. The minimum Gasteiger partial charge on any atom is -0.496 e. The zero-order valence-electron chi connectivity index (χ0n) is 16.2. The van der Waals surface area contributed by atoms with Crippen molar-refractivity contribution in [3.63, 3.8) is 0 Å². The van der Waals surface area contributed by atoms with E-state index in [0.717, 1.165) is 44.6 Å². The van der Waals surface area contributed by atoms with Gasteiger partial charge >= 0.3 is 0 Å². The van der Waals surface area contributed by atoms with Crippen molar-refractivity contribution in [3.05, 3.63) is 57.6 Å². The molecule has 0 N–H and O–H groups in total. The van der Waals surface area contributed by atoms with Crippen molar-refractivity contribution in [2.45, 2.75) is 13.3 Å². The number of methoxy groups -OCH3 is 2. The Morgan fingerprint density at radius 3 is 2.48 bits per heavy atom. The van der Waals surface area contributed by atoms with Crippen molar-refractivity contribution in [1.29, 1.82) is 0 Å². The van der Waals surface area contributed by atoms with Crippen LogP contribution in [0.25, 0.3) is 28.5 Å². The molecule has 0 saturated heterocycles. The van der Waals surface area contributed by atoms with Crippen molar-refractivity contribution >= 4 is 40.1 Å². The van der Waals surface area contributed by atoms with Gasteiger partial charge in [0.1, 0.15) is 16.5 Å². The number of nitrogens with zero attached hydrogens (tertiary/aromatic N) is 4. The van der Waals surface area contributed by atoms with Crippen molar-refractivity contribution in [2.24, 2.45) is 0 Å². The molecule has 0 unspecified atom stereocenters. The monoisotopic (exact) mass is 426 g/mol. The quantitative estimate of drug-likeness (QED) is 0.421. The van der Waals surface area contributed by atoms with E-state index in [0.29, 0.717) is 10.8 Å². The maximum Gasteiger partial charge on any atom is 0.235 e. The second-order valence-corrected chi connectivity index (χ2v) is 7.68. The lowest BCUT2D eigenvalue weighted by atomic mass is 10.1. The van der Waals surface area contributed by atoms with Crippen molar-refractivity contribution < 1.29 is 9.47 Å². The van der Waals surface area contributed by atoms with Gasteiger partial charge in [0, 0.05) is 22.2 Å². The molecule has 6 nitrogen and oxygen atoms in total. The van der Waals surface area contributed by atoms with Gasteiger partial charge in [-0.15, -0.1) is 10.2 Å². The Balaban J connectivity index is 1.68. The van der Waals surface area contributed by atoms with Gasteiger partial charge in [-0.3, -0.25) is 0 Å². The summed E-state index contributed by atoms with van der Waals surface area (Å²) in [6.45, 7) is 2.10. The SMILES string of the molecule is CCc1cc(/C=C/c2nn3c(-c4ccc(Cl)cc4)nnc3s2)c(OC)cc1OC. The molecule has 0 aliphatic carbocycles. The Morgan fingerprint density at radius 2 is 1.79 bits per heavy atom. The van der Waals surface area contributed by atoms with Gasteiger partial charge in [0.15, 0.2) is 5.82 Å². The molecule has 2 aromatic carbocycles. The molecule has 0 bridgehead atoms. The van der Waals surface area contributed by atoms with Gasteiger partial charge in [0.2, 0.25) is 4.96 Å². The smallest absolute Gasteiger partial charge is 0.235 e. The summed E-state index contributed by atoms with van der Waals surface area (Å²) in [5.41, 5.74) is 3.00. The fraction of sp³-hybridized carbons (Fsp3) is 0.190. The molecular weight excluding hydrogens is 408 g/mol. The van der Waals surface area contributed by atoms with Crippen LogP contribution in [0.2, 0.25) is 5.02 Å². The molecule has 0 spiro atoms. The van der Waals surface area contributed by atoms with Gasteiger partial charge in [0.05, 0.1) is 14.2 Å². The van der Waals surface area contributed by atoms with Gasteiger partial charge in [-0.2, -0.15) is 9.61 Å². The highest BCUT2D eigenvalue weighted by molar-refractivity contribution is 7.17. The summed E-state index contributed by atoms with van der Waals surface area (Å²) >= 11 is 7.44. The molecule has 0 aliphatic heterocycles. The summed E-state index contributed by atoms with van der Waals surface area (Å²) in [5, 5.41) is 14.6. The Hall–Kier alpha value is -2.90. The first-order chi connectivity index (χ1) is 14.1. The van der Waals surface area contributed by atoms with E-state index in [9.17, 15) is 0 Å². The van der Waals surface area contributed by atoms with E-state index in [1.807, 2.05) is 42.5 Å². The summed E-state index contributed by atoms with van der Waals surface area (Å²) in [6, 6.07) is 11.5. The molecule has 148 valence electrons. The standard InChI is InChI=1S/C21H19ClN4O2S/c1-4-13-11-15(18(28-3)12-17(13)27-2)7-10-19-25-26-20(23-24-21(26)29-19)14-5-8-16(22)9-6-14/h5-12H,4H2,1-3H3/b10-7+. The van der Waals surface area contributed by atoms with Crippen LogP contribution in [0.1, 0.15) is 23.1 Å². The van der Waals surface area contributed by atoms with Gasteiger partial charge in [-0.1, -0.05) is 29.9 Å². The Labute approximate surface area is 177 Å². The minimum absolute atomic E-state index is 0.677. The molecule has 8 heteroatoms. The highest BCUT2D eigenvalue weighted by atomic mass is 35.5. The average Bonchev–Trinajstić information content (AvgIpc) is 3.32. The molecule has 29 heavy (non-hydrogen) atoms. The number of fused-ring (bicyclic) bond motifs is 1. The fourth-order valence-corrected chi connectivity index (χ4v) is 3.90. The number of hydrogen-bond donors (Lipinski definition) is 0. The first-order valence-corrected chi connectivity index (χ1v) is 10.2. The second kappa shape index (κ2) is 8.23. The van der Waals surface area contributed by atoms with Crippen LogP contribution in [-0.4, -0.2) is 34.0 Å². The molecule has 0 saturated carbocycles. The van der Waals surface area contributed by atoms with Crippen molar-refractivity contribution in [1.82, 2.24) is 19.8 Å². The van der Waals surface area contributed by atoms with Crippen LogP contribution in [-0.2, 0) is 6.42 Å². The van der Waals surface area contributed by atoms with E-state index >= 15 is 0 Å². The third kappa shape index (κ3) is 3.83. The Morgan fingerprint density at radius 1 is 1.03 bits per heavy atom. The fourth-order valence-electron chi connectivity index (χ4n) is 3.04. The van der Waals surface area contributed by atoms with Gasteiger partial charge in [0.25, 0.3) is 0 Å². The average molecular weight is 427 g/mol. The maximum absolute atomic E-state index is 5.98. The number of aromatic nitrogens is 4. The highest BCUT2D eigenvalue weighted by Crippen LogP contribution is 2.31. The largest absolute Gasteiger partial charge is 0.496 e. The summed E-state index contributed by atoms with van der Waals surface area (Å²) in [4.78, 5) is 0.727. The van der Waals surface area contributed by atoms with Crippen LogP contribution >= 0.6 is 22.9 Å². The first kappa shape index (κ1) is 19.4. The number of rotatable bonds is 6. The summed E-state index contributed by atoms with van der Waals surface area (Å²) in [7, 11) is 3.32. The number of hydrogen-bond acceptors (Lipinski definition) is 6. The van der Waals surface area contributed by atoms with Gasteiger partial charge < -0.3 is 9.47 Å². The lowest BCUT2D eigenvalue weighted by molar-refractivity contribution is 0.391. The molecule has 0 amide bonds. The molecule has 4 aromatic rings. The Kier molecular flexibility index (Phi) is 5.51. The summed E-state index contributed by atoms with van der Waals surface area (Å²) < 4.78 is 12.7. The van der Waals surface area contributed by atoms with Gasteiger partial charge in [-0.25, -0.2) is 0 Å². The van der Waals surface area contributed by atoms with Crippen LogP contribution in [0.4, 0.5) is 0 Å². The topological polar surface area (TPSA) is 61.5 Å². The van der Waals surface area contributed by atoms with E-state index in [1.165, 1.54) is 11.3 Å². The Bertz CT molecular complexity index is 1180. The van der Waals surface area contributed by atoms with Crippen LogP contribution < -0.4 is 9.47 Å². The first-order valence-electron chi connectivity index (χ1n) is 9.04. The van der Waals surface area contributed by atoms with Crippen LogP contribution in [0.15, 0.2) is 36.4 Å². The molecule has 4 rings (SSSR count). The molecule has 0 fully saturated rings. The van der Waals surface area contributed by atoms with Gasteiger partial charge in [-0.05, 0) is 54.5 Å². The maximum atomic E-state index is 5.98. The van der Waals surface area contributed by atoms with Crippen molar-refractivity contribution in [2.75, 3.05) is 14.2 Å². The third-order valence-electron chi connectivity index (χ3n) is 4.53. The van der Waals surface area contributed by atoms with E-state index in [2.05, 4.69) is 28.3 Å². The van der Waals surface area contributed by atoms with Crippen LogP contribution in [0, 0.1) is 0 Å². The second-order valence-electron chi connectivity index (χ2n) is 6.26. The predicted molar refractivity (Wildman–Crippen MR) is 117 cm³/mol. The number of benzene rings is 2. The minimum atomic E-state index is 0.677. The molecule has 0 radical (unpaired) electrons. The summed E-state index contributed by atoms with van der Waals surface area (Å²) in [5.74, 6) is 2.26. The number of halogens is 1. The van der Waals surface area contributed by atoms with Crippen LogP contribution in [0.3, 0.4) is 0 Å². The van der Waals surface area contributed by atoms with Crippen molar-refractivity contribution in [3.8, 4) is 22.9 Å². The van der Waals surface area contributed by atoms with E-state index in [-0.39, 0.29) is 0 Å². The summed E-state index contributed by atoms with van der Waals surface area (Å²) in [6.07, 6.45) is 4.81. The zero-order valence-corrected chi connectivity index (χ0v) is 17.8. The molecule has 0 atom stereocenters. The van der Waals surface area contributed by atoms with E-state index in [1.54, 1.807) is 18.7 Å². The third-order valence-corrected chi connectivity index (χ3v) is 5.64. The molecule has 2 aromatic heterocycles. The number of aryl methyl sites for hydroxylation is 1. The predicted octanol–water partition coefficient (Wildman–Crippen LogP) is 5.26. The lowest BCUT2D eigenvalue weighted by Gasteiger charge is -2.12. The van der Waals surface area contributed by atoms with E-state index < -0.39 is 0 Å². The molecule has 0 aliphatic rings. The van der Waals surface area contributed by atoms with Crippen LogP contribution in [0.5, 0.6) is 11.5 Å². The molecular formula is C21H19ClN4O2S. The highest BCUT2D eigenvalue weighted by Gasteiger charge is 2.13. The normalized spacial score (nSPS) is 11.4. The van der Waals surface area contributed by atoms with E-state index in [4.69, 9.17) is 21.1 Å². The lowest BCUT2D eigenvalue weighted by Crippen LogP contribution is -1.95.